The van der Waals surface area contributed by atoms with Crippen molar-refractivity contribution >= 4 is 5.69 Å². The van der Waals surface area contributed by atoms with Crippen LogP contribution in [-0.4, -0.2) is 11.2 Å². The number of nitro groups is 1. The van der Waals surface area contributed by atoms with Crippen LogP contribution in [0.3, 0.4) is 0 Å². The molecule has 0 amide bonds. The van der Waals surface area contributed by atoms with Crippen molar-refractivity contribution in [3.05, 3.63) is 27.8 Å². The zero-order valence-corrected chi connectivity index (χ0v) is 7.81. The Balaban J connectivity index is 2.50. The van der Waals surface area contributed by atoms with Crippen molar-refractivity contribution in [3.8, 4) is 11.5 Å². The van der Waals surface area contributed by atoms with Gasteiger partial charge in [-0.1, -0.05) is 0 Å². The number of aryl methyl sites for hydroxylation is 1. The van der Waals surface area contributed by atoms with Crippen LogP contribution < -0.4 is 9.47 Å². The summed E-state index contributed by atoms with van der Waals surface area (Å²) in [6, 6.07) is 3.02. The molecule has 0 spiro atoms. The molecule has 0 aromatic heterocycles. The summed E-state index contributed by atoms with van der Waals surface area (Å²) < 4.78 is 10.5. The topological polar surface area (TPSA) is 61.6 Å². The highest BCUT2D eigenvalue weighted by atomic mass is 16.7. The SMILES string of the molecule is Cc1cc2c(cc1[N+](=O)[O-])OC(C)O2. The molecule has 1 aromatic rings. The van der Waals surface area contributed by atoms with E-state index in [9.17, 15) is 10.1 Å². The maximum atomic E-state index is 10.6. The van der Waals surface area contributed by atoms with Crippen LogP contribution in [0, 0.1) is 17.0 Å². The van der Waals surface area contributed by atoms with Crippen LogP contribution in [0.1, 0.15) is 12.5 Å². The minimum Gasteiger partial charge on any atom is -0.451 e. The molecule has 0 bridgehead atoms. The Kier molecular flexibility index (Phi) is 1.80. The molecule has 5 heteroatoms. The molecule has 1 aromatic carbocycles. The van der Waals surface area contributed by atoms with Gasteiger partial charge in [-0.15, -0.1) is 0 Å². The first-order chi connectivity index (χ1) is 6.58. The van der Waals surface area contributed by atoms with Gasteiger partial charge in [-0.2, -0.15) is 0 Å². The molecule has 0 N–H and O–H groups in total. The van der Waals surface area contributed by atoms with Gasteiger partial charge in [-0.25, -0.2) is 0 Å². The molecule has 0 saturated heterocycles. The number of hydrogen-bond acceptors (Lipinski definition) is 4. The summed E-state index contributed by atoms with van der Waals surface area (Å²) in [5.74, 6) is 1.01. The molecule has 0 saturated carbocycles. The van der Waals surface area contributed by atoms with Gasteiger partial charge in [0.15, 0.2) is 11.5 Å². The van der Waals surface area contributed by atoms with E-state index in [0.29, 0.717) is 17.1 Å². The lowest BCUT2D eigenvalue weighted by Crippen LogP contribution is -2.11. The predicted molar refractivity (Wildman–Crippen MR) is 48.6 cm³/mol. The smallest absolute Gasteiger partial charge is 0.276 e. The number of ether oxygens (including phenoxy) is 2. The third-order valence-corrected chi connectivity index (χ3v) is 2.04. The molecule has 0 fully saturated rings. The predicted octanol–water partition coefficient (Wildman–Crippen LogP) is 2.02. The minimum absolute atomic E-state index is 0.0569. The minimum atomic E-state index is -0.429. The van der Waals surface area contributed by atoms with E-state index in [2.05, 4.69) is 0 Å². The third-order valence-electron chi connectivity index (χ3n) is 2.04. The van der Waals surface area contributed by atoms with E-state index in [4.69, 9.17) is 9.47 Å². The quantitative estimate of drug-likeness (QED) is 0.508. The molecule has 0 aliphatic carbocycles. The van der Waals surface area contributed by atoms with E-state index in [0.717, 1.165) is 0 Å². The molecular weight excluding hydrogens is 186 g/mol. The highest BCUT2D eigenvalue weighted by Gasteiger charge is 2.24. The second-order valence-corrected chi connectivity index (χ2v) is 3.15. The molecule has 0 radical (unpaired) electrons. The first-order valence-electron chi connectivity index (χ1n) is 4.20. The fourth-order valence-electron chi connectivity index (χ4n) is 1.41. The van der Waals surface area contributed by atoms with Crippen molar-refractivity contribution in [3.63, 3.8) is 0 Å². The van der Waals surface area contributed by atoms with E-state index < -0.39 is 4.92 Å². The van der Waals surface area contributed by atoms with E-state index in [1.54, 1.807) is 19.9 Å². The van der Waals surface area contributed by atoms with Crippen molar-refractivity contribution in [2.75, 3.05) is 0 Å². The van der Waals surface area contributed by atoms with Crippen LogP contribution >= 0.6 is 0 Å². The van der Waals surface area contributed by atoms with Crippen LogP contribution in [0.2, 0.25) is 0 Å². The third kappa shape index (κ3) is 1.26. The lowest BCUT2D eigenvalue weighted by molar-refractivity contribution is -0.385. The average molecular weight is 195 g/mol. The summed E-state index contributed by atoms with van der Waals surface area (Å²) in [5.41, 5.74) is 0.632. The van der Waals surface area contributed by atoms with Crippen molar-refractivity contribution in [2.45, 2.75) is 20.1 Å². The Morgan fingerprint density at radius 2 is 1.93 bits per heavy atom. The lowest BCUT2D eigenvalue weighted by atomic mass is 10.2. The standard InChI is InChI=1S/C9H9NO4/c1-5-3-8-9(14-6(2)13-8)4-7(5)10(11)12/h3-4,6H,1-2H3. The van der Waals surface area contributed by atoms with Gasteiger partial charge >= 0.3 is 0 Å². The summed E-state index contributed by atoms with van der Waals surface area (Å²) in [4.78, 5) is 10.2. The monoisotopic (exact) mass is 195 g/mol. The second kappa shape index (κ2) is 2.87. The number of benzene rings is 1. The Morgan fingerprint density at radius 1 is 1.36 bits per heavy atom. The maximum Gasteiger partial charge on any atom is 0.276 e. The van der Waals surface area contributed by atoms with Gasteiger partial charge in [0.1, 0.15) is 0 Å². The highest BCUT2D eigenvalue weighted by molar-refractivity contribution is 5.54. The van der Waals surface area contributed by atoms with E-state index in [-0.39, 0.29) is 12.0 Å². The normalized spacial score (nSPS) is 18.3. The second-order valence-electron chi connectivity index (χ2n) is 3.15. The fourth-order valence-corrected chi connectivity index (χ4v) is 1.41. The Hall–Kier alpha value is -1.78. The van der Waals surface area contributed by atoms with Crippen LogP contribution in [0.4, 0.5) is 5.69 Å². The first-order valence-corrected chi connectivity index (χ1v) is 4.20. The van der Waals surface area contributed by atoms with Gasteiger partial charge in [0.2, 0.25) is 6.29 Å². The summed E-state index contributed by atoms with van der Waals surface area (Å²) in [5, 5.41) is 10.6. The highest BCUT2D eigenvalue weighted by Crippen LogP contribution is 2.39. The van der Waals surface area contributed by atoms with Gasteiger partial charge < -0.3 is 9.47 Å². The molecule has 74 valence electrons. The van der Waals surface area contributed by atoms with Gasteiger partial charge in [0.05, 0.1) is 11.0 Å². The van der Waals surface area contributed by atoms with Crippen molar-refractivity contribution in [1.82, 2.24) is 0 Å². The molecule has 1 heterocycles. The van der Waals surface area contributed by atoms with Crippen molar-refractivity contribution in [1.29, 1.82) is 0 Å². The van der Waals surface area contributed by atoms with E-state index in [1.165, 1.54) is 6.07 Å². The molecule has 1 atom stereocenters. The lowest BCUT2D eigenvalue weighted by Gasteiger charge is -1.99. The fraction of sp³-hybridized carbons (Fsp3) is 0.333. The van der Waals surface area contributed by atoms with Crippen molar-refractivity contribution < 1.29 is 14.4 Å². The molecule has 5 nitrogen and oxygen atoms in total. The Morgan fingerprint density at radius 3 is 2.50 bits per heavy atom. The number of nitrogens with zero attached hydrogens (tertiary/aromatic N) is 1. The molecular formula is C9H9NO4. The number of nitro benzene ring substituents is 1. The largest absolute Gasteiger partial charge is 0.451 e. The number of hydrogen-bond donors (Lipinski definition) is 0. The zero-order valence-electron chi connectivity index (χ0n) is 7.81. The maximum absolute atomic E-state index is 10.6. The van der Waals surface area contributed by atoms with Gasteiger partial charge in [-0.3, -0.25) is 10.1 Å². The summed E-state index contributed by atoms with van der Waals surface area (Å²) in [6.07, 6.45) is -0.369. The van der Waals surface area contributed by atoms with Crippen LogP contribution in [0.5, 0.6) is 11.5 Å². The van der Waals surface area contributed by atoms with Crippen molar-refractivity contribution in [2.24, 2.45) is 0 Å². The molecule has 1 aliphatic rings. The molecule has 1 unspecified atom stereocenters. The van der Waals surface area contributed by atoms with Crippen LogP contribution in [0.25, 0.3) is 0 Å². The molecule has 14 heavy (non-hydrogen) atoms. The first kappa shape index (κ1) is 8.80. The van der Waals surface area contributed by atoms with Crippen LogP contribution in [0.15, 0.2) is 12.1 Å². The van der Waals surface area contributed by atoms with Gasteiger partial charge in [0, 0.05) is 12.5 Å². The van der Waals surface area contributed by atoms with Crippen LogP contribution in [-0.2, 0) is 0 Å². The average Bonchev–Trinajstić information content (AvgIpc) is 2.42. The number of rotatable bonds is 1. The molecule has 2 rings (SSSR count). The number of fused-ring (bicyclic) bond motifs is 1. The molecule has 1 aliphatic heterocycles. The summed E-state index contributed by atoms with van der Waals surface area (Å²) in [6.45, 7) is 3.41. The summed E-state index contributed by atoms with van der Waals surface area (Å²) >= 11 is 0. The summed E-state index contributed by atoms with van der Waals surface area (Å²) in [7, 11) is 0. The van der Waals surface area contributed by atoms with E-state index in [1.807, 2.05) is 0 Å². The Labute approximate surface area is 80.4 Å². The Bertz CT molecular complexity index is 402. The zero-order chi connectivity index (χ0) is 10.3. The van der Waals surface area contributed by atoms with Gasteiger partial charge in [0.25, 0.3) is 5.69 Å². The van der Waals surface area contributed by atoms with Gasteiger partial charge in [-0.05, 0) is 13.0 Å². The van der Waals surface area contributed by atoms with E-state index >= 15 is 0 Å².